The van der Waals surface area contributed by atoms with Gasteiger partial charge in [-0.2, -0.15) is 5.26 Å². The molecule has 3 atom stereocenters. The number of β-amino-alcohol motifs (C(OH)–C–C–N with tert-alkyl or cyclic N) is 1. The lowest BCUT2D eigenvalue weighted by Crippen LogP contribution is -2.49. The van der Waals surface area contributed by atoms with Gasteiger partial charge < -0.3 is 19.8 Å². The van der Waals surface area contributed by atoms with Crippen molar-refractivity contribution in [2.75, 3.05) is 37.7 Å². The van der Waals surface area contributed by atoms with E-state index in [-0.39, 0.29) is 18.8 Å². The second-order valence-electron chi connectivity index (χ2n) is 8.99. The zero-order valence-corrected chi connectivity index (χ0v) is 21.5. The molecule has 6 nitrogen and oxygen atoms in total. The van der Waals surface area contributed by atoms with Gasteiger partial charge in [-0.15, -0.1) is 0 Å². The van der Waals surface area contributed by atoms with E-state index in [0.717, 1.165) is 23.4 Å². The van der Waals surface area contributed by atoms with Gasteiger partial charge in [-0.3, -0.25) is 4.90 Å². The Balaban J connectivity index is 1.55. The molecule has 0 bridgehead atoms. The van der Waals surface area contributed by atoms with Crippen molar-refractivity contribution in [3.63, 3.8) is 0 Å². The normalized spacial score (nSPS) is 17.9. The minimum absolute atomic E-state index is 0.00943. The number of hydrogen-bond donors (Lipinski definition) is 2. The third kappa shape index (κ3) is 6.31. The molecule has 2 N–H and O–H groups in total. The fourth-order valence-corrected chi connectivity index (χ4v) is 4.86. The van der Waals surface area contributed by atoms with Gasteiger partial charge in [0.05, 0.1) is 41.1 Å². The van der Waals surface area contributed by atoms with Crippen LogP contribution in [0.4, 0.5) is 5.69 Å². The van der Waals surface area contributed by atoms with E-state index >= 15 is 0 Å². The number of nitrogens with zero attached hydrogens (tertiary/aromatic N) is 3. The number of aliphatic hydroxyl groups is 2. The zero-order chi connectivity index (χ0) is 25.7. The summed E-state index contributed by atoms with van der Waals surface area (Å²) in [7, 11) is 0. The van der Waals surface area contributed by atoms with Crippen LogP contribution in [0, 0.1) is 11.3 Å². The van der Waals surface area contributed by atoms with Crippen LogP contribution in [-0.2, 0) is 0 Å². The topological polar surface area (TPSA) is 80.0 Å². The molecular weight excluding hydrogens is 497 g/mol. The fraction of sp³-hybridized carbons (Fsp3) is 0.321. The summed E-state index contributed by atoms with van der Waals surface area (Å²) in [6.45, 7) is 4.33. The van der Waals surface area contributed by atoms with Crippen LogP contribution in [0.5, 0.6) is 5.75 Å². The average Bonchev–Trinajstić information content (AvgIpc) is 2.89. The summed E-state index contributed by atoms with van der Waals surface area (Å²) in [5.74, 6) is 0.609. The summed E-state index contributed by atoms with van der Waals surface area (Å²) in [6.07, 6.45) is -0.983. The van der Waals surface area contributed by atoms with Gasteiger partial charge in [0, 0.05) is 37.3 Å². The van der Waals surface area contributed by atoms with Crippen LogP contribution in [0.25, 0.3) is 0 Å². The molecule has 1 saturated heterocycles. The highest BCUT2D eigenvalue weighted by Crippen LogP contribution is 2.38. The molecule has 0 saturated carbocycles. The van der Waals surface area contributed by atoms with Crippen LogP contribution < -0.4 is 9.64 Å². The Morgan fingerprint density at radius 1 is 1.06 bits per heavy atom. The molecule has 4 rings (SSSR count). The zero-order valence-electron chi connectivity index (χ0n) is 20.0. The molecule has 1 fully saturated rings. The molecule has 3 aromatic rings. The molecule has 188 valence electrons. The molecule has 1 aliphatic heterocycles. The molecule has 0 unspecified atom stereocenters. The molecule has 3 aromatic carbocycles. The summed E-state index contributed by atoms with van der Waals surface area (Å²) < 4.78 is 5.71. The van der Waals surface area contributed by atoms with Crippen molar-refractivity contribution in [2.45, 2.75) is 25.2 Å². The molecule has 1 aliphatic rings. The highest BCUT2D eigenvalue weighted by Gasteiger charge is 2.31. The maximum Gasteiger partial charge on any atom is 0.121 e. The van der Waals surface area contributed by atoms with Gasteiger partial charge in [0.15, 0.2) is 0 Å². The molecule has 0 aliphatic carbocycles. The van der Waals surface area contributed by atoms with Crippen LogP contribution in [0.1, 0.15) is 35.8 Å². The van der Waals surface area contributed by atoms with Gasteiger partial charge in [0.25, 0.3) is 0 Å². The Bertz CT molecular complexity index is 1200. The maximum atomic E-state index is 10.9. The molecule has 0 aromatic heterocycles. The fourth-order valence-electron chi connectivity index (χ4n) is 4.46. The van der Waals surface area contributed by atoms with E-state index in [9.17, 15) is 10.2 Å². The van der Waals surface area contributed by atoms with E-state index in [0.29, 0.717) is 41.0 Å². The van der Waals surface area contributed by atoms with Crippen molar-refractivity contribution >= 4 is 28.9 Å². The Labute approximate surface area is 221 Å². The molecule has 36 heavy (non-hydrogen) atoms. The lowest BCUT2D eigenvalue weighted by atomic mass is 10.00. The van der Waals surface area contributed by atoms with Crippen molar-refractivity contribution in [1.29, 1.82) is 5.26 Å². The van der Waals surface area contributed by atoms with Gasteiger partial charge in [0.2, 0.25) is 0 Å². The van der Waals surface area contributed by atoms with Gasteiger partial charge >= 0.3 is 0 Å². The first-order chi connectivity index (χ1) is 17.4. The predicted octanol–water partition coefficient (Wildman–Crippen LogP) is 5.22. The van der Waals surface area contributed by atoms with Crippen LogP contribution in [0.3, 0.4) is 0 Å². The standard InChI is InChI=1S/C28H29Cl2N3O3/c1-19(18-34)36-24-10-11-26(25(30)14-24)33-13-12-32(16-27(33)21-6-8-23(29)9-7-21)17-28(35)22-4-2-20(15-31)3-5-22/h2-11,14,19,27-28,34-35H,12-13,16-18H2,1H3/t19-,27+,28-/m1/s1. The molecule has 8 heteroatoms. The predicted molar refractivity (Wildman–Crippen MR) is 143 cm³/mol. The summed E-state index contributed by atoms with van der Waals surface area (Å²) in [4.78, 5) is 4.52. The number of rotatable bonds is 8. The summed E-state index contributed by atoms with van der Waals surface area (Å²) >= 11 is 12.9. The number of halogens is 2. The SMILES string of the molecule is C[C@H](CO)Oc1ccc(N2CCN(C[C@@H](O)c3ccc(C#N)cc3)C[C@H]2c2ccc(Cl)cc2)c(Cl)c1. The van der Waals surface area contributed by atoms with E-state index in [1.54, 1.807) is 37.3 Å². The number of piperazine rings is 1. The highest BCUT2D eigenvalue weighted by atomic mass is 35.5. The second-order valence-corrected chi connectivity index (χ2v) is 9.84. The number of anilines is 1. The van der Waals surface area contributed by atoms with Gasteiger partial charge in [0.1, 0.15) is 11.9 Å². The minimum Gasteiger partial charge on any atom is -0.488 e. The van der Waals surface area contributed by atoms with Gasteiger partial charge in [-0.1, -0.05) is 47.5 Å². The van der Waals surface area contributed by atoms with Crippen molar-refractivity contribution in [2.24, 2.45) is 0 Å². The van der Waals surface area contributed by atoms with Crippen LogP contribution in [-0.4, -0.2) is 54.0 Å². The molecule has 1 heterocycles. The van der Waals surface area contributed by atoms with Crippen molar-refractivity contribution in [1.82, 2.24) is 4.90 Å². The maximum absolute atomic E-state index is 10.9. The largest absolute Gasteiger partial charge is 0.488 e. The van der Waals surface area contributed by atoms with Crippen molar-refractivity contribution < 1.29 is 14.9 Å². The average molecular weight is 526 g/mol. The summed E-state index contributed by atoms with van der Waals surface area (Å²) in [5, 5.41) is 30.4. The first kappa shape index (κ1) is 26.3. The first-order valence-corrected chi connectivity index (χ1v) is 12.6. The van der Waals surface area contributed by atoms with Gasteiger partial charge in [-0.25, -0.2) is 0 Å². The monoisotopic (exact) mass is 525 g/mol. The number of hydrogen-bond acceptors (Lipinski definition) is 6. The van der Waals surface area contributed by atoms with E-state index in [1.807, 2.05) is 36.4 Å². The molecule has 0 radical (unpaired) electrons. The Hall–Kier alpha value is -2.79. The Morgan fingerprint density at radius 3 is 2.42 bits per heavy atom. The van der Waals surface area contributed by atoms with Crippen molar-refractivity contribution in [3.8, 4) is 11.8 Å². The number of nitriles is 1. The Kier molecular flexibility index (Phi) is 8.73. The molecule has 0 amide bonds. The summed E-state index contributed by atoms with van der Waals surface area (Å²) in [5.41, 5.74) is 3.35. The first-order valence-electron chi connectivity index (χ1n) is 11.9. The van der Waals surface area contributed by atoms with E-state index in [1.165, 1.54) is 0 Å². The van der Waals surface area contributed by atoms with Crippen LogP contribution in [0.2, 0.25) is 10.0 Å². The smallest absolute Gasteiger partial charge is 0.121 e. The van der Waals surface area contributed by atoms with E-state index in [4.69, 9.17) is 33.2 Å². The van der Waals surface area contributed by atoms with Crippen molar-refractivity contribution in [3.05, 3.63) is 93.5 Å². The van der Waals surface area contributed by atoms with E-state index in [2.05, 4.69) is 15.9 Å². The third-order valence-electron chi connectivity index (χ3n) is 6.40. The highest BCUT2D eigenvalue weighted by molar-refractivity contribution is 6.33. The van der Waals surface area contributed by atoms with Crippen LogP contribution in [0.15, 0.2) is 66.7 Å². The lowest BCUT2D eigenvalue weighted by molar-refractivity contribution is 0.100. The number of ether oxygens (including phenoxy) is 1. The lowest BCUT2D eigenvalue weighted by Gasteiger charge is -2.44. The number of aliphatic hydroxyl groups excluding tert-OH is 2. The Morgan fingerprint density at radius 2 is 1.78 bits per heavy atom. The molecular formula is C28H29Cl2N3O3. The third-order valence-corrected chi connectivity index (χ3v) is 6.95. The number of benzene rings is 3. The second kappa shape index (κ2) is 12.0. The van der Waals surface area contributed by atoms with Gasteiger partial charge in [-0.05, 0) is 54.4 Å². The van der Waals surface area contributed by atoms with E-state index < -0.39 is 6.10 Å². The minimum atomic E-state index is -0.663. The quantitative estimate of drug-likeness (QED) is 0.419. The summed E-state index contributed by atoms with van der Waals surface area (Å²) in [6, 6.07) is 22.6. The molecule has 0 spiro atoms. The van der Waals surface area contributed by atoms with Crippen LogP contribution >= 0.6 is 23.2 Å².